The third-order valence-corrected chi connectivity index (χ3v) is 2.89. The minimum atomic E-state index is -0.622. The van der Waals surface area contributed by atoms with E-state index in [2.05, 4.69) is 21.8 Å². The SMILES string of the molecule is C=CCCCN(C)C(=NCC(C)(C)C(N)=O)NCC. The number of carbonyl (C=O) groups excluding carboxylic acids is 1. The Balaban J connectivity index is 4.60. The average molecular weight is 268 g/mol. The lowest BCUT2D eigenvalue weighted by atomic mass is 9.93. The molecule has 5 nitrogen and oxygen atoms in total. The average Bonchev–Trinajstić information content (AvgIpc) is 2.34. The van der Waals surface area contributed by atoms with E-state index in [9.17, 15) is 4.79 Å². The Kier molecular flexibility index (Phi) is 7.87. The number of nitrogens with one attached hydrogen (secondary N) is 1. The zero-order chi connectivity index (χ0) is 14.9. The van der Waals surface area contributed by atoms with Gasteiger partial charge in [0.15, 0.2) is 5.96 Å². The van der Waals surface area contributed by atoms with E-state index in [1.54, 1.807) is 13.8 Å². The number of carbonyl (C=O) groups is 1. The fourth-order valence-corrected chi connectivity index (χ4v) is 1.40. The molecule has 1 amide bonds. The molecule has 0 atom stereocenters. The number of aliphatic imine (C=N–C) groups is 1. The highest BCUT2D eigenvalue weighted by Crippen LogP contribution is 2.14. The molecule has 0 saturated heterocycles. The second kappa shape index (κ2) is 8.56. The van der Waals surface area contributed by atoms with Gasteiger partial charge in [0.2, 0.25) is 5.91 Å². The summed E-state index contributed by atoms with van der Waals surface area (Å²) in [7, 11) is 1.99. The molecule has 0 rings (SSSR count). The number of amides is 1. The van der Waals surface area contributed by atoms with Gasteiger partial charge in [0, 0.05) is 20.1 Å². The Bertz CT molecular complexity index is 323. The van der Waals surface area contributed by atoms with E-state index in [1.165, 1.54) is 0 Å². The number of rotatable bonds is 8. The summed E-state index contributed by atoms with van der Waals surface area (Å²) in [5, 5.41) is 3.22. The third-order valence-electron chi connectivity index (χ3n) is 2.89. The van der Waals surface area contributed by atoms with Gasteiger partial charge in [0.05, 0.1) is 12.0 Å². The Morgan fingerprint density at radius 1 is 1.53 bits per heavy atom. The normalized spacial score (nSPS) is 12.1. The van der Waals surface area contributed by atoms with Crippen molar-refractivity contribution in [3.05, 3.63) is 12.7 Å². The lowest BCUT2D eigenvalue weighted by Gasteiger charge is -2.24. The van der Waals surface area contributed by atoms with Gasteiger partial charge in [-0.05, 0) is 33.6 Å². The van der Waals surface area contributed by atoms with Crippen molar-refractivity contribution in [1.82, 2.24) is 10.2 Å². The van der Waals surface area contributed by atoms with Crippen LogP contribution in [0.5, 0.6) is 0 Å². The van der Waals surface area contributed by atoms with Crippen LogP contribution < -0.4 is 11.1 Å². The van der Waals surface area contributed by atoms with E-state index in [1.807, 2.05) is 20.0 Å². The first-order valence-electron chi connectivity index (χ1n) is 6.75. The highest BCUT2D eigenvalue weighted by Gasteiger charge is 2.24. The fourth-order valence-electron chi connectivity index (χ4n) is 1.40. The fraction of sp³-hybridized carbons (Fsp3) is 0.714. The Labute approximate surface area is 117 Å². The van der Waals surface area contributed by atoms with Gasteiger partial charge < -0.3 is 16.0 Å². The number of hydrogen-bond donors (Lipinski definition) is 2. The van der Waals surface area contributed by atoms with Gasteiger partial charge in [0.25, 0.3) is 0 Å². The van der Waals surface area contributed by atoms with Crippen LogP contribution in [0.4, 0.5) is 0 Å². The van der Waals surface area contributed by atoms with Crippen LogP contribution in [0.25, 0.3) is 0 Å². The molecule has 19 heavy (non-hydrogen) atoms. The van der Waals surface area contributed by atoms with Crippen molar-refractivity contribution in [3.63, 3.8) is 0 Å². The van der Waals surface area contributed by atoms with E-state index in [4.69, 9.17) is 5.73 Å². The van der Waals surface area contributed by atoms with Crippen LogP contribution in [0.1, 0.15) is 33.6 Å². The molecule has 0 aliphatic carbocycles. The molecule has 110 valence electrons. The Hall–Kier alpha value is -1.52. The van der Waals surface area contributed by atoms with Crippen molar-refractivity contribution in [2.45, 2.75) is 33.6 Å². The summed E-state index contributed by atoms with van der Waals surface area (Å²) in [5.41, 5.74) is 4.73. The summed E-state index contributed by atoms with van der Waals surface area (Å²) in [5.74, 6) is 0.474. The van der Waals surface area contributed by atoms with Gasteiger partial charge in [0.1, 0.15) is 0 Å². The summed E-state index contributed by atoms with van der Waals surface area (Å²) in [6.45, 7) is 11.4. The predicted octanol–water partition coefficient (Wildman–Crippen LogP) is 1.36. The number of hydrogen-bond acceptors (Lipinski definition) is 2. The highest BCUT2D eigenvalue weighted by atomic mass is 16.1. The topological polar surface area (TPSA) is 70.7 Å². The molecule has 0 radical (unpaired) electrons. The second-order valence-electron chi connectivity index (χ2n) is 5.27. The molecule has 0 aliphatic rings. The number of nitrogens with two attached hydrogens (primary N) is 1. The Morgan fingerprint density at radius 3 is 2.63 bits per heavy atom. The van der Waals surface area contributed by atoms with Gasteiger partial charge in [-0.3, -0.25) is 9.79 Å². The smallest absolute Gasteiger partial charge is 0.224 e. The molecule has 0 spiro atoms. The second-order valence-corrected chi connectivity index (χ2v) is 5.27. The molecule has 0 heterocycles. The summed E-state index contributed by atoms with van der Waals surface area (Å²) in [6.07, 6.45) is 3.92. The van der Waals surface area contributed by atoms with Crippen molar-refractivity contribution >= 4 is 11.9 Å². The lowest BCUT2D eigenvalue weighted by molar-refractivity contribution is -0.125. The van der Waals surface area contributed by atoms with E-state index in [0.29, 0.717) is 6.54 Å². The number of guanidine groups is 1. The Morgan fingerprint density at radius 2 is 2.16 bits per heavy atom. The molecular weight excluding hydrogens is 240 g/mol. The maximum absolute atomic E-state index is 11.3. The molecule has 0 saturated carbocycles. The van der Waals surface area contributed by atoms with Gasteiger partial charge in [-0.25, -0.2) is 0 Å². The highest BCUT2D eigenvalue weighted by molar-refractivity contribution is 5.82. The first kappa shape index (κ1) is 17.5. The van der Waals surface area contributed by atoms with Crippen LogP contribution in [0.15, 0.2) is 17.6 Å². The van der Waals surface area contributed by atoms with Crippen molar-refractivity contribution in [2.75, 3.05) is 26.7 Å². The van der Waals surface area contributed by atoms with E-state index in [-0.39, 0.29) is 5.91 Å². The van der Waals surface area contributed by atoms with Gasteiger partial charge in [-0.15, -0.1) is 6.58 Å². The van der Waals surface area contributed by atoms with Crippen LogP contribution in [0.2, 0.25) is 0 Å². The minimum Gasteiger partial charge on any atom is -0.369 e. The molecule has 0 fully saturated rings. The molecule has 3 N–H and O–H groups in total. The molecule has 0 aliphatic heterocycles. The van der Waals surface area contributed by atoms with Gasteiger partial charge in [-0.2, -0.15) is 0 Å². The predicted molar refractivity (Wildman–Crippen MR) is 81.0 cm³/mol. The zero-order valence-electron chi connectivity index (χ0n) is 12.7. The summed E-state index contributed by atoms with van der Waals surface area (Å²) in [6, 6.07) is 0. The number of nitrogens with zero attached hydrogens (tertiary/aromatic N) is 2. The largest absolute Gasteiger partial charge is 0.369 e. The maximum atomic E-state index is 11.3. The molecule has 0 aromatic carbocycles. The molecule has 0 unspecified atom stereocenters. The first-order chi connectivity index (χ1) is 8.85. The van der Waals surface area contributed by atoms with Crippen LogP contribution in [0, 0.1) is 5.41 Å². The standard InChI is InChI=1S/C14H28N4O/c1-6-8-9-10-18(5)13(16-7-2)17-11-14(3,4)12(15)19/h6H,1,7-11H2,2-5H3,(H2,15,19)(H,16,17). The lowest BCUT2D eigenvalue weighted by Crippen LogP contribution is -2.41. The molecule has 0 bridgehead atoms. The molecular formula is C14H28N4O. The van der Waals surface area contributed by atoms with Crippen LogP contribution in [0.3, 0.4) is 0 Å². The quantitative estimate of drug-likeness (QED) is 0.302. The van der Waals surface area contributed by atoms with E-state index < -0.39 is 5.41 Å². The van der Waals surface area contributed by atoms with E-state index >= 15 is 0 Å². The monoisotopic (exact) mass is 268 g/mol. The molecule has 0 aromatic rings. The molecule has 5 heteroatoms. The summed E-state index contributed by atoms with van der Waals surface area (Å²) < 4.78 is 0. The van der Waals surface area contributed by atoms with Crippen LogP contribution >= 0.6 is 0 Å². The summed E-state index contributed by atoms with van der Waals surface area (Å²) in [4.78, 5) is 17.8. The zero-order valence-corrected chi connectivity index (χ0v) is 12.7. The third kappa shape index (κ3) is 6.84. The first-order valence-corrected chi connectivity index (χ1v) is 6.75. The number of primary amides is 1. The van der Waals surface area contributed by atoms with Crippen molar-refractivity contribution in [2.24, 2.45) is 16.1 Å². The van der Waals surface area contributed by atoms with Crippen LogP contribution in [-0.2, 0) is 4.79 Å². The van der Waals surface area contributed by atoms with Crippen molar-refractivity contribution in [1.29, 1.82) is 0 Å². The molecule has 0 aromatic heterocycles. The van der Waals surface area contributed by atoms with Gasteiger partial charge in [-0.1, -0.05) is 6.08 Å². The van der Waals surface area contributed by atoms with Crippen molar-refractivity contribution < 1.29 is 4.79 Å². The van der Waals surface area contributed by atoms with Crippen molar-refractivity contribution in [3.8, 4) is 0 Å². The van der Waals surface area contributed by atoms with Crippen LogP contribution in [-0.4, -0.2) is 43.4 Å². The maximum Gasteiger partial charge on any atom is 0.224 e. The number of allylic oxidation sites excluding steroid dienone is 1. The number of unbranched alkanes of at least 4 members (excludes halogenated alkanes) is 1. The summed E-state index contributed by atoms with van der Waals surface area (Å²) >= 11 is 0. The van der Waals surface area contributed by atoms with Gasteiger partial charge >= 0.3 is 0 Å². The van der Waals surface area contributed by atoms with E-state index in [0.717, 1.165) is 31.9 Å². The minimum absolute atomic E-state index is 0.332.